The second kappa shape index (κ2) is 7.54. The van der Waals surface area contributed by atoms with Gasteiger partial charge in [0, 0.05) is 19.2 Å². The van der Waals surface area contributed by atoms with E-state index >= 15 is 0 Å². The van der Waals surface area contributed by atoms with Crippen LogP contribution in [0.25, 0.3) is 11.0 Å². The van der Waals surface area contributed by atoms with Crippen molar-refractivity contribution in [3.63, 3.8) is 0 Å². The van der Waals surface area contributed by atoms with Gasteiger partial charge < -0.3 is 10.3 Å². The molecule has 2 N–H and O–H groups in total. The molecule has 0 aliphatic heterocycles. The number of unbranched alkanes of at least 4 members (excludes halogenated alkanes) is 1. The van der Waals surface area contributed by atoms with Crippen LogP contribution in [0.1, 0.15) is 37.1 Å². The number of sulfone groups is 1. The zero-order valence-electron chi connectivity index (χ0n) is 16.1. The molecule has 1 saturated carbocycles. The lowest BCUT2D eigenvalue weighted by atomic mass is 10.2. The molecule has 1 aliphatic carbocycles. The lowest BCUT2D eigenvalue weighted by Crippen LogP contribution is -2.10. The smallest absolute Gasteiger partial charge is 0.178 e. The molecule has 0 radical (unpaired) electrons. The topological polar surface area (TPSA) is 90.9 Å². The number of nitrogens with two attached hydrogens (primary N) is 1. The third-order valence-electron chi connectivity index (χ3n) is 5.38. The summed E-state index contributed by atoms with van der Waals surface area (Å²) < 4.78 is 27.2. The van der Waals surface area contributed by atoms with Crippen molar-refractivity contribution < 1.29 is 8.42 Å². The van der Waals surface area contributed by atoms with Gasteiger partial charge in [-0.25, -0.2) is 18.4 Å². The van der Waals surface area contributed by atoms with E-state index in [0.29, 0.717) is 23.1 Å². The Hall–Kier alpha value is -2.41. The van der Waals surface area contributed by atoms with Crippen LogP contribution in [0.2, 0.25) is 0 Å². The summed E-state index contributed by atoms with van der Waals surface area (Å²) in [6, 6.07) is 8.66. The first kappa shape index (κ1) is 18.9. The second-order valence-electron chi connectivity index (χ2n) is 7.69. The molecule has 2 heterocycles. The number of benzene rings is 1. The van der Waals surface area contributed by atoms with Crippen LogP contribution in [0.3, 0.4) is 0 Å². The van der Waals surface area contributed by atoms with Crippen molar-refractivity contribution >= 4 is 26.7 Å². The van der Waals surface area contributed by atoms with E-state index in [1.807, 2.05) is 13.0 Å². The molecule has 0 spiro atoms. The molecule has 28 heavy (non-hydrogen) atoms. The van der Waals surface area contributed by atoms with Crippen LogP contribution in [0.15, 0.2) is 41.4 Å². The summed E-state index contributed by atoms with van der Waals surface area (Å²) in [5.74, 6) is 2.38. The number of aromatic nitrogens is 3. The highest BCUT2D eigenvalue weighted by Gasteiger charge is 2.25. The molecule has 1 fully saturated rings. The number of nitrogens with zero attached hydrogens (tertiary/aromatic N) is 3. The number of hydrogen-bond acceptors (Lipinski definition) is 5. The number of pyridine rings is 1. The van der Waals surface area contributed by atoms with E-state index < -0.39 is 9.84 Å². The van der Waals surface area contributed by atoms with E-state index in [1.54, 1.807) is 30.5 Å². The molecule has 6 nitrogen and oxygen atoms in total. The molecule has 7 heteroatoms. The Kier molecular flexibility index (Phi) is 5.10. The summed E-state index contributed by atoms with van der Waals surface area (Å²) in [7, 11) is -3.23. The fraction of sp³-hybridized carbons (Fsp3) is 0.429. The van der Waals surface area contributed by atoms with Crippen molar-refractivity contribution in [1.82, 2.24) is 14.5 Å². The van der Waals surface area contributed by atoms with Gasteiger partial charge in [0.15, 0.2) is 15.7 Å². The number of imidazole rings is 1. The van der Waals surface area contributed by atoms with Crippen LogP contribution in [0.4, 0.5) is 5.82 Å². The summed E-state index contributed by atoms with van der Waals surface area (Å²) >= 11 is 0. The maximum Gasteiger partial charge on any atom is 0.178 e. The highest BCUT2D eigenvalue weighted by atomic mass is 32.2. The Labute approximate surface area is 165 Å². The zero-order chi connectivity index (χ0) is 19.7. The molecule has 0 atom stereocenters. The standard InChI is InChI=1S/C21H26N4O2S/c1-15-14-23-21(22)19-20(15)25(18(24-19)13-16-9-10-16)11-5-6-12-28(26,27)17-7-3-2-4-8-17/h2-4,7-8,14,16H,5-6,9-13H2,1H3,(H2,22,23). The van der Waals surface area contributed by atoms with Crippen LogP contribution < -0.4 is 5.73 Å². The van der Waals surface area contributed by atoms with E-state index in [-0.39, 0.29) is 5.75 Å². The van der Waals surface area contributed by atoms with Gasteiger partial charge in [0.25, 0.3) is 0 Å². The molecule has 0 saturated heterocycles. The van der Waals surface area contributed by atoms with E-state index in [1.165, 1.54) is 12.8 Å². The average molecular weight is 399 g/mol. The Morgan fingerprint density at radius 3 is 2.64 bits per heavy atom. The Morgan fingerprint density at radius 2 is 1.93 bits per heavy atom. The maximum absolute atomic E-state index is 12.5. The van der Waals surface area contributed by atoms with Gasteiger partial charge in [0.05, 0.1) is 16.2 Å². The fourth-order valence-corrected chi connectivity index (χ4v) is 5.04. The summed E-state index contributed by atoms with van der Waals surface area (Å²) in [4.78, 5) is 9.42. The Morgan fingerprint density at radius 1 is 1.18 bits per heavy atom. The van der Waals surface area contributed by atoms with Crippen LogP contribution in [0, 0.1) is 12.8 Å². The number of hydrogen-bond donors (Lipinski definition) is 1. The minimum atomic E-state index is -3.23. The lowest BCUT2D eigenvalue weighted by Gasteiger charge is -2.11. The lowest BCUT2D eigenvalue weighted by molar-refractivity contribution is 0.577. The predicted molar refractivity (Wildman–Crippen MR) is 111 cm³/mol. The Balaban J connectivity index is 1.50. The van der Waals surface area contributed by atoms with Crippen LogP contribution >= 0.6 is 0 Å². The minimum absolute atomic E-state index is 0.157. The molecule has 0 unspecified atom stereocenters. The molecular formula is C21H26N4O2S. The maximum atomic E-state index is 12.5. The van der Waals surface area contributed by atoms with E-state index in [9.17, 15) is 8.42 Å². The summed E-state index contributed by atoms with van der Waals surface area (Å²) in [5, 5.41) is 0. The van der Waals surface area contributed by atoms with Gasteiger partial charge in [-0.15, -0.1) is 0 Å². The predicted octanol–water partition coefficient (Wildman–Crippen LogP) is 3.53. The van der Waals surface area contributed by atoms with Crippen molar-refractivity contribution in [3.8, 4) is 0 Å². The van der Waals surface area contributed by atoms with Gasteiger partial charge in [0.1, 0.15) is 11.3 Å². The largest absolute Gasteiger partial charge is 0.382 e. The first-order chi connectivity index (χ1) is 13.5. The molecule has 4 rings (SSSR count). The van der Waals surface area contributed by atoms with Crippen LogP contribution in [0.5, 0.6) is 0 Å². The summed E-state index contributed by atoms with van der Waals surface area (Å²) in [6.45, 7) is 2.76. The number of nitrogen functional groups attached to an aromatic ring is 1. The summed E-state index contributed by atoms with van der Waals surface area (Å²) in [6.07, 6.45) is 6.64. The normalized spacial score (nSPS) is 14.6. The minimum Gasteiger partial charge on any atom is -0.382 e. The third-order valence-corrected chi connectivity index (χ3v) is 7.19. The second-order valence-corrected chi connectivity index (χ2v) is 9.80. The number of aryl methyl sites for hydroxylation is 2. The Bertz CT molecular complexity index is 1090. The highest BCUT2D eigenvalue weighted by Crippen LogP contribution is 2.34. The van der Waals surface area contributed by atoms with Crippen molar-refractivity contribution in [1.29, 1.82) is 0 Å². The molecule has 1 aliphatic rings. The first-order valence-electron chi connectivity index (χ1n) is 9.83. The molecule has 2 aromatic heterocycles. The fourth-order valence-electron chi connectivity index (χ4n) is 3.65. The molecule has 0 bridgehead atoms. The van der Waals surface area contributed by atoms with Gasteiger partial charge in [-0.05, 0) is 56.2 Å². The molecular weight excluding hydrogens is 372 g/mol. The van der Waals surface area contributed by atoms with E-state index in [0.717, 1.165) is 41.8 Å². The monoisotopic (exact) mass is 398 g/mol. The third kappa shape index (κ3) is 3.90. The van der Waals surface area contributed by atoms with Crippen molar-refractivity contribution in [2.75, 3.05) is 11.5 Å². The van der Waals surface area contributed by atoms with Gasteiger partial charge in [-0.1, -0.05) is 18.2 Å². The molecule has 1 aromatic carbocycles. The van der Waals surface area contributed by atoms with Crippen molar-refractivity contribution in [2.24, 2.45) is 5.92 Å². The van der Waals surface area contributed by atoms with E-state index in [4.69, 9.17) is 10.7 Å². The van der Waals surface area contributed by atoms with Gasteiger partial charge in [-0.2, -0.15) is 0 Å². The molecule has 3 aromatic rings. The van der Waals surface area contributed by atoms with Crippen molar-refractivity contribution in [3.05, 3.63) is 47.9 Å². The average Bonchev–Trinajstić information content (AvgIpc) is 3.42. The molecule has 0 amide bonds. The van der Waals surface area contributed by atoms with Crippen LogP contribution in [-0.2, 0) is 22.8 Å². The van der Waals surface area contributed by atoms with Crippen LogP contribution in [-0.4, -0.2) is 28.7 Å². The zero-order valence-corrected chi connectivity index (χ0v) is 17.0. The van der Waals surface area contributed by atoms with E-state index in [2.05, 4.69) is 9.55 Å². The SMILES string of the molecule is Cc1cnc(N)c2nc(CC3CC3)n(CCCCS(=O)(=O)c3ccccc3)c12. The number of fused-ring (bicyclic) bond motifs is 1. The number of anilines is 1. The number of rotatable bonds is 8. The first-order valence-corrected chi connectivity index (χ1v) is 11.5. The molecule has 148 valence electrons. The van der Waals surface area contributed by atoms with Gasteiger partial charge in [0.2, 0.25) is 0 Å². The summed E-state index contributed by atoms with van der Waals surface area (Å²) in [5.41, 5.74) is 8.92. The van der Waals surface area contributed by atoms with Crippen molar-refractivity contribution in [2.45, 2.75) is 50.5 Å². The van der Waals surface area contributed by atoms with Gasteiger partial charge >= 0.3 is 0 Å². The highest BCUT2D eigenvalue weighted by molar-refractivity contribution is 7.91. The van der Waals surface area contributed by atoms with Gasteiger partial charge in [-0.3, -0.25) is 0 Å². The quantitative estimate of drug-likeness (QED) is 0.586.